The topological polar surface area (TPSA) is 49.7 Å². The number of aromatic nitrogens is 1. The third-order valence-corrected chi connectivity index (χ3v) is 5.55. The van der Waals surface area contributed by atoms with Gasteiger partial charge in [-0.3, -0.25) is 4.79 Å². The molecule has 0 aliphatic carbocycles. The smallest absolute Gasteiger partial charge is 0.203 e. The highest BCUT2D eigenvalue weighted by atomic mass is 35.5. The number of nitrogens with zero attached hydrogens (tertiary/aromatic N) is 1. The molecule has 6 heteroatoms. The fraction of sp³-hybridized carbons (Fsp3) is 0.115. The predicted octanol–water partition coefficient (Wildman–Crippen LogP) is 6.05. The summed E-state index contributed by atoms with van der Waals surface area (Å²) in [6.07, 6.45) is 3.74. The Morgan fingerprint density at radius 3 is 2.00 bits per heavy atom. The Kier molecular flexibility index (Phi) is 6.19. The standard InChI is InChI=1S/C26H22ClNO4/c1-30-23-13-17(14-24(31-2)26(23)32-3)25(29)21-16-28(18-9-5-4-6-10-18)15-20(21)19-11-7-8-12-22(19)27/h4-16H,1-3H3. The lowest BCUT2D eigenvalue weighted by atomic mass is 9.97. The zero-order chi connectivity index (χ0) is 22.7. The molecule has 0 atom stereocenters. The van der Waals surface area contributed by atoms with Crippen molar-refractivity contribution < 1.29 is 19.0 Å². The van der Waals surface area contributed by atoms with E-state index in [1.165, 1.54) is 21.3 Å². The number of halogens is 1. The van der Waals surface area contributed by atoms with E-state index in [9.17, 15) is 4.79 Å². The molecule has 4 aromatic rings. The van der Waals surface area contributed by atoms with Crippen molar-refractivity contribution in [2.75, 3.05) is 21.3 Å². The van der Waals surface area contributed by atoms with E-state index in [-0.39, 0.29) is 5.78 Å². The van der Waals surface area contributed by atoms with Gasteiger partial charge in [0.15, 0.2) is 17.3 Å². The maximum absolute atomic E-state index is 13.7. The maximum atomic E-state index is 13.7. The average Bonchev–Trinajstić information content (AvgIpc) is 3.28. The third kappa shape index (κ3) is 3.95. The van der Waals surface area contributed by atoms with Crippen molar-refractivity contribution in [3.63, 3.8) is 0 Å². The first kappa shape index (κ1) is 21.5. The molecule has 1 aromatic heterocycles. The Hall–Kier alpha value is -3.70. The fourth-order valence-electron chi connectivity index (χ4n) is 3.65. The monoisotopic (exact) mass is 447 g/mol. The van der Waals surface area contributed by atoms with Gasteiger partial charge in [0.2, 0.25) is 5.75 Å². The summed E-state index contributed by atoms with van der Waals surface area (Å²) >= 11 is 6.49. The van der Waals surface area contributed by atoms with E-state index >= 15 is 0 Å². The van der Waals surface area contributed by atoms with E-state index in [0.29, 0.717) is 33.4 Å². The van der Waals surface area contributed by atoms with Gasteiger partial charge in [-0.05, 0) is 30.3 Å². The second-order valence-electron chi connectivity index (χ2n) is 7.05. The van der Waals surface area contributed by atoms with Gasteiger partial charge in [0.25, 0.3) is 0 Å². The predicted molar refractivity (Wildman–Crippen MR) is 126 cm³/mol. The molecule has 162 valence electrons. The van der Waals surface area contributed by atoms with Gasteiger partial charge in [0, 0.05) is 45.4 Å². The van der Waals surface area contributed by atoms with Gasteiger partial charge in [-0.2, -0.15) is 0 Å². The van der Waals surface area contributed by atoms with Crippen LogP contribution in [0.1, 0.15) is 15.9 Å². The Balaban J connectivity index is 1.90. The van der Waals surface area contributed by atoms with E-state index in [1.807, 2.05) is 71.6 Å². The highest BCUT2D eigenvalue weighted by Gasteiger charge is 2.23. The Labute approximate surface area is 191 Å². The Morgan fingerprint density at radius 1 is 0.781 bits per heavy atom. The summed E-state index contributed by atoms with van der Waals surface area (Å²) in [6.45, 7) is 0. The first-order valence-corrected chi connectivity index (χ1v) is 10.3. The number of para-hydroxylation sites is 1. The summed E-state index contributed by atoms with van der Waals surface area (Å²) in [5, 5.41) is 0.567. The molecule has 0 spiro atoms. The molecule has 0 saturated heterocycles. The molecule has 32 heavy (non-hydrogen) atoms. The van der Waals surface area contributed by atoms with Gasteiger partial charge >= 0.3 is 0 Å². The third-order valence-electron chi connectivity index (χ3n) is 5.22. The number of methoxy groups -OCH3 is 3. The van der Waals surface area contributed by atoms with Gasteiger partial charge < -0.3 is 18.8 Å². The number of hydrogen-bond acceptors (Lipinski definition) is 4. The average molecular weight is 448 g/mol. The minimum atomic E-state index is -0.186. The van der Waals surface area contributed by atoms with Crippen LogP contribution in [0.25, 0.3) is 16.8 Å². The molecule has 0 N–H and O–H groups in total. The van der Waals surface area contributed by atoms with Crippen LogP contribution in [-0.4, -0.2) is 31.7 Å². The molecular formula is C26H22ClNO4. The normalized spacial score (nSPS) is 10.6. The van der Waals surface area contributed by atoms with E-state index in [1.54, 1.807) is 12.1 Å². The highest BCUT2D eigenvalue weighted by molar-refractivity contribution is 6.33. The van der Waals surface area contributed by atoms with Crippen LogP contribution in [0.3, 0.4) is 0 Å². The highest BCUT2D eigenvalue weighted by Crippen LogP contribution is 2.40. The number of hydrogen-bond donors (Lipinski definition) is 0. The number of ether oxygens (including phenoxy) is 3. The van der Waals surface area contributed by atoms with Crippen molar-refractivity contribution in [3.05, 3.63) is 95.3 Å². The van der Waals surface area contributed by atoms with Gasteiger partial charge in [-0.25, -0.2) is 0 Å². The minimum absolute atomic E-state index is 0.186. The summed E-state index contributed by atoms with van der Waals surface area (Å²) in [7, 11) is 4.57. The molecule has 5 nitrogen and oxygen atoms in total. The number of ketones is 1. The summed E-state index contributed by atoms with van der Waals surface area (Å²) in [5.41, 5.74) is 3.37. The number of carbonyl (C=O) groups is 1. The van der Waals surface area contributed by atoms with Crippen LogP contribution >= 0.6 is 11.6 Å². The molecule has 1 heterocycles. The van der Waals surface area contributed by atoms with Crippen LogP contribution in [0.4, 0.5) is 0 Å². The summed E-state index contributed by atoms with van der Waals surface area (Å²) in [4.78, 5) is 13.7. The van der Waals surface area contributed by atoms with Crippen molar-refractivity contribution in [2.45, 2.75) is 0 Å². The molecule has 0 radical (unpaired) electrons. The molecule has 4 rings (SSSR count). The van der Waals surface area contributed by atoms with Crippen LogP contribution < -0.4 is 14.2 Å². The van der Waals surface area contributed by atoms with Crippen LogP contribution in [0.2, 0.25) is 5.02 Å². The van der Waals surface area contributed by atoms with E-state index in [4.69, 9.17) is 25.8 Å². The van der Waals surface area contributed by atoms with Crippen molar-refractivity contribution in [2.24, 2.45) is 0 Å². The number of rotatable bonds is 7. The van der Waals surface area contributed by atoms with Gasteiger partial charge in [-0.1, -0.05) is 48.0 Å². The lowest BCUT2D eigenvalue weighted by Gasteiger charge is -2.14. The lowest BCUT2D eigenvalue weighted by molar-refractivity contribution is 0.103. The number of carbonyl (C=O) groups excluding carboxylic acids is 1. The number of benzene rings is 3. The molecule has 0 fully saturated rings. The molecule has 0 saturated carbocycles. The van der Waals surface area contributed by atoms with Crippen LogP contribution in [0.15, 0.2) is 79.1 Å². The molecule has 3 aromatic carbocycles. The SMILES string of the molecule is COc1cc(C(=O)c2cn(-c3ccccc3)cc2-c2ccccc2Cl)cc(OC)c1OC. The first-order valence-electron chi connectivity index (χ1n) is 9.94. The Morgan fingerprint density at radius 2 is 1.41 bits per heavy atom. The summed E-state index contributed by atoms with van der Waals surface area (Å²) in [5.74, 6) is 1.07. The zero-order valence-corrected chi connectivity index (χ0v) is 18.7. The molecule has 0 amide bonds. The van der Waals surface area contributed by atoms with Crippen LogP contribution in [0, 0.1) is 0 Å². The molecular weight excluding hydrogens is 426 g/mol. The molecule has 0 unspecified atom stereocenters. The van der Waals surface area contributed by atoms with E-state index in [2.05, 4.69) is 0 Å². The quantitative estimate of drug-likeness (QED) is 0.323. The van der Waals surface area contributed by atoms with Crippen molar-refractivity contribution >= 4 is 17.4 Å². The summed E-state index contributed by atoms with van der Waals surface area (Å²) < 4.78 is 18.2. The first-order chi connectivity index (χ1) is 15.6. The minimum Gasteiger partial charge on any atom is -0.493 e. The lowest BCUT2D eigenvalue weighted by Crippen LogP contribution is -2.05. The van der Waals surface area contributed by atoms with Crippen LogP contribution in [-0.2, 0) is 0 Å². The second kappa shape index (κ2) is 9.20. The van der Waals surface area contributed by atoms with Crippen molar-refractivity contribution in [1.29, 1.82) is 0 Å². The van der Waals surface area contributed by atoms with Gasteiger partial charge in [0.05, 0.1) is 21.3 Å². The van der Waals surface area contributed by atoms with E-state index < -0.39 is 0 Å². The summed E-state index contributed by atoms with van der Waals surface area (Å²) in [6, 6.07) is 20.6. The fourth-order valence-corrected chi connectivity index (χ4v) is 3.88. The Bertz CT molecular complexity index is 1240. The van der Waals surface area contributed by atoms with E-state index in [0.717, 1.165) is 16.8 Å². The largest absolute Gasteiger partial charge is 0.493 e. The zero-order valence-electron chi connectivity index (χ0n) is 18.0. The molecule has 0 aliphatic rings. The van der Waals surface area contributed by atoms with Gasteiger partial charge in [-0.15, -0.1) is 0 Å². The second-order valence-corrected chi connectivity index (χ2v) is 7.46. The van der Waals surface area contributed by atoms with Crippen molar-refractivity contribution in [1.82, 2.24) is 4.57 Å². The molecule has 0 bridgehead atoms. The van der Waals surface area contributed by atoms with Crippen molar-refractivity contribution in [3.8, 4) is 34.1 Å². The van der Waals surface area contributed by atoms with Gasteiger partial charge in [0.1, 0.15) is 0 Å². The maximum Gasteiger partial charge on any atom is 0.203 e. The van der Waals surface area contributed by atoms with Crippen LogP contribution in [0.5, 0.6) is 17.2 Å². The molecule has 0 aliphatic heterocycles.